The maximum atomic E-state index is 12.6. The smallest absolute Gasteiger partial charge is 0.298 e. The van der Waals surface area contributed by atoms with E-state index in [1.165, 1.54) is 0 Å². The molecule has 0 saturated carbocycles. The molecular weight excluding hydrogens is 267 g/mol. The average Bonchev–Trinajstić information content (AvgIpc) is 2.25. The second-order valence-electron chi connectivity index (χ2n) is 3.00. The van der Waals surface area contributed by atoms with Crippen molar-refractivity contribution in [3.63, 3.8) is 0 Å². The average molecular weight is 270 g/mol. The van der Waals surface area contributed by atoms with E-state index in [1.54, 1.807) is 0 Å². The number of halogens is 5. The minimum Gasteiger partial charge on any atom is -0.298 e. The Morgan fingerprint density at radius 1 is 1.39 bits per heavy atom. The number of pyridine rings is 1. The molecular formula is C8H3F5N2O3. The van der Waals surface area contributed by atoms with Crippen molar-refractivity contribution in [1.82, 2.24) is 4.98 Å². The van der Waals surface area contributed by atoms with Crippen molar-refractivity contribution in [3.8, 4) is 0 Å². The van der Waals surface area contributed by atoms with E-state index in [9.17, 15) is 36.9 Å². The van der Waals surface area contributed by atoms with Gasteiger partial charge in [-0.25, -0.2) is 8.78 Å². The Bertz CT molecular complexity index is 500. The van der Waals surface area contributed by atoms with Gasteiger partial charge in [0.15, 0.2) is 11.8 Å². The topological polar surface area (TPSA) is 73.1 Å². The first-order valence-electron chi connectivity index (χ1n) is 4.18. The molecule has 0 aliphatic rings. The standard InChI is InChI=1S/C8H3F5N2O3/c9-7(10)5-4(8(11,12)13)6(15(17)18)3(2-16)1-14-5/h1-2,7H. The van der Waals surface area contributed by atoms with E-state index < -0.39 is 40.0 Å². The zero-order chi connectivity index (χ0) is 14.1. The van der Waals surface area contributed by atoms with E-state index in [4.69, 9.17) is 0 Å². The third-order valence-electron chi connectivity index (χ3n) is 1.91. The Morgan fingerprint density at radius 3 is 2.28 bits per heavy atom. The number of carbonyl (C=O) groups excluding carboxylic acids is 1. The molecule has 0 atom stereocenters. The largest absolute Gasteiger partial charge is 0.425 e. The molecule has 1 aromatic heterocycles. The molecule has 5 nitrogen and oxygen atoms in total. The van der Waals surface area contributed by atoms with Crippen LogP contribution in [0.2, 0.25) is 0 Å². The summed E-state index contributed by atoms with van der Waals surface area (Å²) in [6.07, 6.45) is -9.02. The van der Waals surface area contributed by atoms with Crippen LogP contribution in [0.3, 0.4) is 0 Å². The Balaban J connectivity index is 3.77. The fraction of sp³-hybridized carbons (Fsp3) is 0.250. The van der Waals surface area contributed by atoms with Crippen molar-refractivity contribution in [3.05, 3.63) is 33.1 Å². The summed E-state index contributed by atoms with van der Waals surface area (Å²) in [6.45, 7) is 0. The van der Waals surface area contributed by atoms with Gasteiger partial charge in [-0.15, -0.1) is 0 Å². The van der Waals surface area contributed by atoms with Gasteiger partial charge in [-0.2, -0.15) is 13.2 Å². The summed E-state index contributed by atoms with van der Waals surface area (Å²) in [7, 11) is 0. The molecule has 0 amide bonds. The van der Waals surface area contributed by atoms with Gasteiger partial charge in [0.2, 0.25) is 0 Å². The molecule has 0 unspecified atom stereocenters. The normalized spacial score (nSPS) is 11.7. The van der Waals surface area contributed by atoms with Gasteiger partial charge in [0, 0.05) is 6.20 Å². The van der Waals surface area contributed by atoms with Gasteiger partial charge < -0.3 is 0 Å². The maximum absolute atomic E-state index is 12.6. The number of alkyl halides is 5. The van der Waals surface area contributed by atoms with Crippen LogP contribution in [0.25, 0.3) is 0 Å². The fourth-order valence-electron chi connectivity index (χ4n) is 1.26. The Morgan fingerprint density at radius 2 is 1.94 bits per heavy atom. The summed E-state index contributed by atoms with van der Waals surface area (Å²) >= 11 is 0. The lowest BCUT2D eigenvalue weighted by molar-refractivity contribution is -0.388. The predicted octanol–water partition coefficient (Wildman–Crippen LogP) is 2.76. The number of rotatable bonds is 3. The molecule has 18 heavy (non-hydrogen) atoms. The van der Waals surface area contributed by atoms with Gasteiger partial charge in [0.05, 0.1) is 4.92 Å². The van der Waals surface area contributed by atoms with Crippen LogP contribution in [0.15, 0.2) is 6.20 Å². The zero-order valence-electron chi connectivity index (χ0n) is 8.24. The molecule has 0 aromatic carbocycles. The van der Waals surface area contributed by atoms with Crippen LogP contribution in [-0.2, 0) is 6.18 Å². The summed E-state index contributed by atoms with van der Waals surface area (Å²) in [5.74, 6) is 0. The molecule has 0 radical (unpaired) electrons. The molecule has 0 bridgehead atoms. The zero-order valence-corrected chi connectivity index (χ0v) is 8.24. The number of carbonyl (C=O) groups is 1. The summed E-state index contributed by atoms with van der Waals surface area (Å²) in [5, 5.41) is 10.5. The Hall–Kier alpha value is -2.13. The van der Waals surface area contributed by atoms with Crippen LogP contribution in [-0.4, -0.2) is 16.2 Å². The molecule has 98 valence electrons. The molecule has 0 spiro atoms. The number of hydrogen-bond acceptors (Lipinski definition) is 4. The van der Waals surface area contributed by atoms with Crippen LogP contribution < -0.4 is 0 Å². The highest BCUT2D eigenvalue weighted by Gasteiger charge is 2.45. The van der Waals surface area contributed by atoms with Crippen molar-refractivity contribution < 1.29 is 31.7 Å². The van der Waals surface area contributed by atoms with Crippen LogP contribution in [0.5, 0.6) is 0 Å². The van der Waals surface area contributed by atoms with Gasteiger partial charge in [-0.1, -0.05) is 0 Å². The first-order chi connectivity index (χ1) is 8.20. The molecule has 1 rings (SSSR count). The highest BCUT2D eigenvalue weighted by atomic mass is 19.4. The Kier molecular flexibility index (Phi) is 3.58. The number of aromatic nitrogens is 1. The van der Waals surface area contributed by atoms with E-state index in [1.807, 2.05) is 0 Å². The number of nitro groups is 1. The van der Waals surface area contributed by atoms with E-state index in [2.05, 4.69) is 4.98 Å². The monoisotopic (exact) mass is 270 g/mol. The van der Waals surface area contributed by atoms with Gasteiger partial charge in [-0.05, 0) is 0 Å². The van der Waals surface area contributed by atoms with Crippen molar-refractivity contribution >= 4 is 12.0 Å². The summed E-state index contributed by atoms with van der Waals surface area (Å²) in [5.41, 5.74) is -6.72. The second kappa shape index (κ2) is 4.63. The third kappa shape index (κ3) is 2.41. The molecule has 0 aliphatic heterocycles. The summed E-state index contributed by atoms with van der Waals surface area (Å²) in [4.78, 5) is 22.1. The van der Waals surface area contributed by atoms with Crippen molar-refractivity contribution in [2.75, 3.05) is 0 Å². The first kappa shape index (κ1) is 13.9. The quantitative estimate of drug-likeness (QED) is 0.366. The highest BCUT2D eigenvalue weighted by Crippen LogP contribution is 2.41. The maximum Gasteiger partial charge on any atom is 0.425 e. The minimum absolute atomic E-state index is 0.254. The lowest BCUT2D eigenvalue weighted by atomic mass is 10.1. The van der Waals surface area contributed by atoms with Crippen LogP contribution in [0.4, 0.5) is 27.6 Å². The van der Waals surface area contributed by atoms with Gasteiger partial charge in [-0.3, -0.25) is 19.9 Å². The predicted molar refractivity (Wildman–Crippen MR) is 46.2 cm³/mol. The Labute approximate surface area is 95.4 Å². The van der Waals surface area contributed by atoms with Gasteiger partial charge in [0.25, 0.3) is 12.1 Å². The SMILES string of the molecule is O=Cc1cnc(C(F)F)c(C(F)(F)F)c1[N+](=O)[O-]. The molecule has 0 fully saturated rings. The second-order valence-corrected chi connectivity index (χ2v) is 3.00. The first-order valence-corrected chi connectivity index (χ1v) is 4.18. The lowest BCUT2D eigenvalue weighted by Crippen LogP contribution is -2.16. The van der Waals surface area contributed by atoms with E-state index in [-0.39, 0.29) is 6.29 Å². The van der Waals surface area contributed by atoms with E-state index in [0.29, 0.717) is 6.20 Å². The fourth-order valence-corrected chi connectivity index (χ4v) is 1.26. The van der Waals surface area contributed by atoms with Crippen molar-refractivity contribution in [2.24, 2.45) is 0 Å². The third-order valence-corrected chi connectivity index (χ3v) is 1.91. The van der Waals surface area contributed by atoms with Gasteiger partial charge >= 0.3 is 6.18 Å². The van der Waals surface area contributed by atoms with E-state index >= 15 is 0 Å². The molecule has 0 N–H and O–H groups in total. The van der Waals surface area contributed by atoms with Crippen molar-refractivity contribution in [2.45, 2.75) is 12.6 Å². The molecule has 0 aliphatic carbocycles. The number of nitrogens with zero attached hydrogens (tertiary/aromatic N) is 2. The lowest BCUT2D eigenvalue weighted by Gasteiger charge is -2.12. The number of aldehydes is 1. The van der Waals surface area contributed by atoms with Crippen molar-refractivity contribution in [1.29, 1.82) is 0 Å². The summed E-state index contributed by atoms with van der Waals surface area (Å²) < 4.78 is 62.4. The van der Waals surface area contributed by atoms with Gasteiger partial charge in [0.1, 0.15) is 11.3 Å². The van der Waals surface area contributed by atoms with E-state index in [0.717, 1.165) is 0 Å². The van der Waals surface area contributed by atoms with Crippen LogP contribution in [0, 0.1) is 10.1 Å². The number of hydrogen-bond donors (Lipinski definition) is 0. The molecule has 1 aromatic rings. The molecule has 1 heterocycles. The highest BCUT2D eigenvalue weighted by molar-refractivity contribution is 5.82. The molecule has 10 heteroatoms. The molecule has 0 saturated heterocycles. The van der Waals surface area contributed by atoms with Crippen LogP contribution in [0.1, 0.15) is 28.0 Å². The minimum atomic E-state index is -5.42. The summed E-state index contributed by atoms with van der Waals surface area (Å²) in [6, 6.07) is 0. The van der Waals surface area contributed by atoms with Crippen LogP contribution >= 0.6 is 0 Å².